The number of hydrogen-bond donors (Lipinski definition) is 0. The maximum atomic E-state index is 13.0. The van der Waals surface area contributed by atoms with Crippen LogP contribution in [0.3, 0.4) is 0 Å². The molecule has 2 aromatic rings. The molecule has 0 bridgehead atoms. The van der Waals surface area contributed by atoms with Crippen LogP contribution in [0.2, 0.25) is 5.02 Å². The monoisotopic (exact) mass is 398 g/mol. The van der Waals surface area contributed by atoms with E-state index in [1.54, 1.807) is 12.1 Å². The standard InChI is InChI=1S/C16H15ClN2O6S/c17-15-4-3-11(19(21)22)8-14(15)16(20)18(9-13-2-1-6-25-13)12-5-7-26(23,24)10-12/h1-4,6,8,12H,5,7,9-10H2. The Hall–Kier alpha value is -2.39. The van der Waals surface area contributed by atoms with Crippen LogP contribution in [0.25, 0.3) is 0 Å². The third kappa shape index (κ3) is 3.88. The number of nitro benzene ring substituents is 1. The van der Waals surface area contributed by atoms with E-state index in [2.05, 4.69) is 0 Å². The zero-order chi connectivity index (χ0) is 18.9. The number of carbonyl (C=O) groups excluding carboxylic acids is 1. The minimum Gasteiger partial charge on any atom is -0.467 e. The highest BCUT2D eigenvalue weighted by atomic mass is 35.5. The first-order chi connectivity index (χ1) is 12.3. The summed E-state index contributed by atoms with van der Waals surface area (Å²) in [6, 6.07) is 6.36. The average molecular weight is 399 g/mol. The van der Waals surface area contributed by atoms with E-state index < -0.39 is 26.7 Å². The van der Waals surface area contributed by atoms with Crippen molar-refractivity contribution in [2.75, 3.05) is 11.5 Å². The lowest BCUT2D eigenvalue weighted by atomic mass is 10.1. The van der Waals surface area contributed by atoms with Gasteiger partial charge in [-0.05, 0) is 24.6 Å². The molecule has 0 N–H and O–H groups in total. The minimum atomic E-state index is -3.23. The zero-order valence-electron chi connectivity index (χ0n) is 13.5. The van der Waals surface area contributed by atoms with Crippen molar-refractivity contribution >= 4 is 33.0 Å². The number of amides is 1. The maximum absolute atomic E-state index is 13.0. The van der Waals surface area contributed by atoms with Crippen LogP contribution in [0.15, 0.2) is 41.0 Å². The van der Waals surface area contributed by atoms with E-state index in [0.717, 1.165) is 6.07 Å². The summed E-state index contributed by atoms with van der Waals surface area (Å²) in [6.45, 7) is 0.0467. The van der Waals surface area contributed by atoms with Gasteiger partial charge in [0.15, 0.2) is 9.84 Å². The van der Waals surface area contributed by atoms with Gasteiger partial charge in [0.2, 0.25) is 0 Å². The molecule has 138 valence electrons. The van der Waals surface area contributed by atoms with Crippen molar-refractivity contribution in [3.8, 4) is 0 Å². The first kappa shape index (κ1) is 18.4. The van der Waals surface area contributed by atoms with Crippen LogP contribution in [0.5, 0.6) is 0 Å². The summed E-state index contributed by atoms with van der Waals surface area (Å²) >= 11 is 6.07. The van der Waals surface area contributed by atoms with Crippen molar-refractivity contribution in [2.24, 2.45) is 0 Å². The van der Waals surface area contributed by atoms with E-state index in [-0.39, 0.29) is 34.3 Å². The Morgan fingerprint density at radius 2 is 2.15 bits per heavy atom. The molecule has 0 radical (unpaired) electrons. The molecule has 0 saturated carbocycles. The van der Waals surface area contributed by atoms with Crippen molar-refractivity contribution in [1.29, 1.82) is 0 Å². The third-order valence-electron chi connectivity index (χ3n) is 4.21. The average Bonchev–Trinajstić information content (AvgIpc) is 3.21. The quantitative estimate of drug-likeness (QED) is 0.565. The molecule has 1 fully saturated rings. The van der Waals surface area contributed by atoms with Gasteiger partial charge in [-0.15, -0.1) is 0 Å². The van der Waals surface area contributed by atoms with Crippen molar-refractivity contribution < 1.29 is 22.6 Å². The lowest BCUT2D eigenvalue weighted by Gasteiger charge is -2.27. The molecule has 1 saturated heterocycles. The predicted octanol–water partition coefficient (Wildman–Crippen LogP) is 2.67. The van der Waals surface area contributed by atoms with Crippen LogP contribution in [0.4, 0.5) is 5.69 Å². The fraction of sp³-hybridized carbons (Fsp3) is 0.312. The maximum Gasteiger partial charge on any atom is 0.270 e. The second-order valence-electron chi connectivity index (χ2n) is 5.99. The molecule has 1 atom stereocenters. The van der Waals surface area contributed by atoms with Gasteiger partial charge in [0.05, 0.1) is 39.8 Å². The number of furan rings is 1. The summed E-state index contributed by atoms with van der Waals surface area (Å²) in [4.78, 5) is 24.8. The van der Waals surface area contributed by atoms with E-state index in [1.165, 1.54) is 23.3 Å². The van der Waals surface area contributed by atoms with Gasteiger partial charge < -0.3 is 9.32 Å². The summed E-state index contributed by atoms with van der Waals surface area (Å²) in [5.74, 6) is -0.268. The van der Waals surface area contributed by atoms with E-state index >= 15 is 0 Å². The van der Waals surface area contributed by atoms with Crippen molar-refractivity contribution in [1.82, 2.24) is 4.90 Å². The topological polar surface area (TPSA) is 111 Å². The first-order valence-corrected chi connectivity index (χ1v) is 9.94. The number of halogens is 1. The Kier molecular flexibility index (Phi) is 5.01. The highest BCUT2D eigenvalue weighted by Gasteiger charge is 2.36. The Morgan fingerprint density at radius 1 is 1.38 bits per heavy atom. The normalized spacial score (nSPS) is 18.6. The largest absolute Gasteiger partial charge is 0.467 e. The molecule has 2 heterocycles. The molecule has 1 amide bonds. The molecule has 8 nitrogen and oxygen atoms in total. The van der Waals surface area contributed by atoms with Crippen molar-refractivity contribution in [2.45, 2.75) is 19.0 Å². The second-order valence-corrected chi connectivity index (χ2v) is 8.63. The molecule has 0 aliphatic carbocycles. The number of sulfone groups is 1. The molecule has 1 unspecified atom stereocenters. The van der Waals surface area contributed by atoms with Gasteiger partial charge in [0, 0.05) is 18.2 Å². The highest BCUT2D eigenvalue weighted by molar-refractivity contribution is 7.91. The Labute approximate surface area is 154 Å². The predicted molar refractivity (Wildman–Crippen MR) is 93.7 cm³/mol. The zero-order valence-corrected chi connectivity index (χ0v) is 15.1. The minimum absolute atomic E-state index is 0.0116. The fourth-order valence-electron chi connectivity index (χ4n) is 2.90. The Morgan fingerprint density at radius 3 is 2.73 bits per heavy atom. The van der Waals surface area contributed by atoms with Gasteiger partial charge in [-0.25, -0.2) is 8.42 Å². The van der Waals surface area contributed by atoms with Crippen LogP contribution in [0, 0.1) is 10.1 Å². The van der Waals surface area contributed by atoms with Gasteiger partial charge in [0.1, 0.15) is 5.76 Å². The lowest BCUT2D eigenvalue weighted by molar-refractivity contribution is -0.384. The van der Waals surface area contributed by atoms with Crippen molar-refractivity contribution in [3.63, 3.8) is 0 Å². The Balaban J connectivity index is 1.97. The van der Waals surface area contributed by atoms with Gasteiger partial charge in [0.25, 0.3) is 11.6 Å². The number of hydrogen-bond acceptors (Lipinski definition) is 6. The van der Waals surface area contributed by atoms with Gasteiger partial charge in [-0.3, -0.25) is 14.9 Å². The van der Waals surface area contributed by atoms with Crippen LogP contribution < -0.4 is 0 Å². The third-order valence-corrected chi connectivity index (χ3v) is 6.29. The molecule has 1 aliphatic rings. The van der Waals surface area contributed by atoms with Crippen LogP contribution in [-0.4, -0.2) is 41.7 Å². The molecular formula is C16H15ClN2O6S. The summed E-state index contributed by atoms with van der Waals surface area (Å²) < 4.78 is 29.0. The molecule has 1 aromatic carbocycles. The number of carbonyl (C=O) groups is 1. The summed E-state index contributed by atoms with van der Waals surface area (Å²) in [6.07, 6.45) is 1.74. The highest BCUT2D eigenvalue weighted by Crippen LogP contribution is 2.27. The fourth-order valence-corrected chi connectivity index (χ4v) is 4.83. The van der Waals surface area contributed by atoms with Crippen molar-refractivity contribution in [3.05, 3.63) is 63.1 Å². The SMILES string of the molecule is O=C(c1cc([N+](=O)[O-])ccc1Cl)N(Cc1ccco1)C1CCS(=O)(=O)C1. The van der Waals surface area contributed by atoms with Gasteiger partial charge in [-0.1, -0.05) is 11.6 Å². The van der Waals surface area contributed by atoms with Crippen LogP contribution in [0.1, 0.15) is 22.5 Å². The van der Waals surface area contributed by atoms with E-state index in [0.29, 0.717) is 12.2 Å². The van der Waals surface area contributed by atoms with E-state index in [4.69, 9.17) is 16.0 Å². The molecule has 10 heteroatoms. The van der Waals surface area contributed by atoms with E-state index in [9.17, 15) is 23.3 Å². The van der Waals surface area contributed by atoms with Crippen LogP contribution >= 0.6 is 11.6 Å². The number of rotatable bonds is 5. The first-order valence-electron chi connectivity index (χ1n) is 7.74. The number of nitro groups is 1. The summed E-state index contributed by atoms with van der Waals surface area (Å²) in [5.41, 5.74) is -0.313. The van der Waals surface area contributed by atoms with Gasteiger partial charge in [-0.2, -0.15) is 0 Å². The number of nitrogens with zero attached hydrogens (tertiary/aromatic N) is 2. The van der Waals surface area contributed by atoms with E-state index in [1.807, 2.05) is 0 Å². The molecule has 0 spiro atoms. The molecule has 3 rings (SSSR count). The molecule has 26 heavy (non-hydrogen) atoms. The molecular weight excluding hydrogens is 384 g/mol. The smallest absolute Gasteiger partial charge is 0.270 e. The molecule has 1 aromatic heterocycles. The lowest BCUT2D eigenvalue weighted by Crippen LogP contribution is -2.40. The second kappa shape index (κ2) is 7.08. The number of non-ortho nitro benzene ring substituents is 1. The van der Waals surface area contributed by atoms with Gasteiger partial charge >= 0.3 is 0 Å². The molecule has 1 aliphatic heterocycles. The van der Waals surface area contributed by atoms with Crippen LogP contribution in [-0.2, 0) is 16.4 Å². The summed E-state index contributed by atoms with van der Waals surface area (Å²) in [7, 11) is -3.23. The number of benzene rings is 1. The summed E-state index contributed by atoms with van der Waals surface area (Å²) in [5, 5.41) is 11.1. The Bertz CT molecular complexity index is 942.